The molecular formula is C14H19NO3S. The van der Waals surface area contributed by atoms with Crippen molar-refractivity contribution in [3.05, 3.63) is 23.9 Å². The quantitative estimate of drug-likeness (QED) is 0.897. The molecule has 104 valence electrons. The Morgan fingerprint density at radius 1 is 1.42 bits per heavy atom. The summed E-state index contributed by atoms with van der Waals surface area (Å²) in [5, 5.41) is 11.3. The van der Waals surface area contributed by atoms with Crippen molar-refractivity contribution >= 4 is 10.8 Å². The summed E-state index contributed by atoms with van der Waals surface area (Å²) in [6.45, 7) is 0. The maximum atomic E-state index is 12.2. The summed E-state index contributed by atoms with van der Waals surface area (Å²) >= 11 is 0. The Labute approximate surface area is 115 Å². The number of ether oxygens (including phenoxy) is 1. The minimum atomic E-state index is -0.941. The van der Waals surface area contributed by atoms with Gasteiger partial charge in [-0.1, -0.05) is 6.42 Å². The zero-order chi connectivity index (χ0) is 13.5. The lowest BCUT2D eigenvalue weighted by molar-refractivity contribution is 0.00401. The van der Waals surface area contributed by atoms with Gasteiger partial charge in [-0.2, -0.15) is 0 Å². The van der Waals surface area contributed by atoms with Crippen molar-refractivity contribution in [3.8, 4) is 5.88 Å². The Hall–Kier alpha value is -0.940. The smallest absolute Gasteiger partial charge is 0.219 e. The van der Waals surface area contributed by atoms with Crippen molar-refractivity contribution < 1.29 is 14.1 Å². The molecular weight excluding hydrogens is 262 g/mol. The predicted octanol–water partition coefficient (Wildman–Crippen LogP) is 1.74. The van der Waals surface area contributed by atoms with Gasteiger partial charge in [0.05, 0.1) is 12.7 Å². The minimum Gasteiger partial charge on any atom is -0.481 e. The maximum absolute atomic E-state index is 12.2. The summed E-state index contributed by atoms with van der Waals surface area (Å²) in [4.78, 5) is 4.17. The topological polar surface area (TPSA) is 59.4 Å². The minimum absolute atomic E-state index is 0.113. The number of methoxy groups -OCH3 is 1. The number of hydrogen-bond acceptors (Lipinski definition) is 4. The van der Waals surface area contributed by atoms with Crippen LogP contribution in [-0.4, -0.2) is 31.9 Å². The van der Waals surface area contributed by atoms with E-state index in [1.165, 1.54) is 0 Å². The summed E-state index contributed by atoms with van der Waals surface area (Å²) in [5.74, 6) is 0.482. The van der Waals surface area contributed by atoms with Gasteiger partial charge in [0.1, 0.15) is 0 Å². The van der Waals surface area contributed by atoms with E-state index in [9.17, 15) is 9.32 Å². The molecule has 3 heterocycles. The van der Waals surface area contributed by atoms with E-state index in [2.05, 4.69) is 4.98 Å². The van der Waals surface area contributed by atoms with E-state index >= 15 is 0 Å². The number of nitrogens with zero attached hydrogens (tertiary/aromatic N) is 1. The molecule has 0 amide bonds. The molecule has 2 unspecified atom stereocenters. The van der Waals surface area contributed by atoms with E-state index in [1.807, 2.05) is 12.1 Å². The van der Waals surface area contributed by atoms with E-state index in [4.69, 9.17) is 4.74 Å². The Morgan fingerprint density at radius 2 is 2.11 bits per heavy atom. The summed E-state index contributed by atoms with van der Waals surface area (Å²) in [6, 6.07) is 3.69. The highest BCUT2D eigenvalue weighted by Gasteiger charge is 2.47. The lowest BCUT2D eigenvalue weighted by Crippen LogP contribution is -2.47. The molecule has 19 heavy (non-hydrogen) atoms. The van der Waals surface area contributed by atoms with Gasteiger partial charge in [0.15, 0.2) is 0 Å². The van der Waals surface area contributed by atoms with Crippen LogP contribution < -0.4 is 4.74 Å². The third-order valence-corrected chi connectivity index (χ3v) is 6.42. The highest BCUT2D eigenvalue weighted by Crippen LogP contribution is 2.46. The Morgan fingerprint density at radius 3 is 2.74 bits per heavy atom. The molecule has 0 aliphatic carbocycles. The number of hydrogen-bond donors (Lipinski definition) is 1. The molecule has 0 spiro atoms. The number of aromatic nitrogens is 1. The fraction of sp³-hybridized carbons (Fsp3) is 0.643. The van der Waals surface area contributed by atoms with Gasteiger partial charge in [-0.3, -0.25) is 4.21 Å². The largest absolute Gasteiger partial charge is 0.481 e. The molecule has 4 nitrogen and oxygen atoms in total. The van der Waals surface area contributed by atoms with Crippen LogP contribution in [0.5, 0.6) is 5.88 Å². The Balaban J connectivity index is 1.97. The lowest BCUT2D eigenvalue weighted by Gasteiger charge is -2.43. The van der Waals surface area contributed by atoms with Gasteiger partial charge in [0, 0.05) is 33.1 Å². The molecule has 2 aliphatic heterocycles. The molecule has 2 atom stereocenters. The first-order chi connectivity index (χ1) is 9.14. The van der Waals surface area contributed by atoms with Gasteiger partial charge in [-0.15, -0.1) is 0 Å². The van der Waals surface area contributed by atoms with E-state index in [0.29, 0.717) is 18.7 Å². The first kappa shape index (κ1) is 13.1. The van der Waals surface area contributed by atoms with Crippen molar-refractivity contribution in [3.63, 3.8) is 0 Å². The fourth-order valence-corrected chi connectivity index (χ4v) is 5.63. The highest BCUT2D eigenvalue weighted by molar-refractivity contribution is 7.86. The summed E-state index contributed by atoms with van der Waals surface area (Å²) in [5.41, 5.74) is -0.199. The molecule has 2 aliphatic rings. The molecule has 3 rings (SSSR count). The first-order valence-electron chi connectivity index (χ1n) is 6.75. The zero-order valence-corrected chi connectivity index (χ0v) is 11.9. The average Bonchev–Trinajstić information content (AvgIpc) is 2.41. The van der Waals surface area contributed by atoms with E-state index in [0.717, 1.165) is 24.8 Å². The number of rotatable bonds is 2. The molecule has 0 aromatic carbocycles. The molecule has 2 bridgehead atoms. The van der Waals surface area contributed by atoms with Crippen LogP contribution in [0.15, 0.2) is 18.3 Å². The number of fused-ring (bicyclic) bond motifs is 2. The van der Waals surface area contributed by atoms with Crippen molar-refractivity contribution in [1.29, 1.82) is 0 Å². The molecule has 1 aromatic rings. The van der Waals surface area contributed by atoms with Crippen LogP contribution >= 0.6 is 0 Å². The van der Waals surface area contributed by atoms with Crippen molar-refractivity contribution in [2.45, 2.75) is 48.2 Å². The van der Waals surface area contributed by atoms with Crippen LogP contribution in [0.3, 0.4) is 0 Å². The predicted molar refractivity (Wildman–Crippen MR) is 73.5 cm³/mol. The van der Waals surface area contributed by atoms with Gasteiger partial charge in [0.25, 0.3) is 0 Å². The van der Waals surface area contributed by atoms with Gasteiger partial charge in [-0.05, 0) is 37.8 Å². The second kappa shape index (κ2) is 4.87. The summed E-state index contributed by atoms with van der Waals surface area (Å²) in [7, 11) is 0.780. The normalized spacial score (nSPS) is 37.9. The monoisotopic (exact) mass is 281 g/mol. The summed E-state index contributed by atoms with van der Waals surface area (Å²) in [6.07, 6.45) is 5.80. The molecule has 1 N–H and O–H groups in total. The SMILES string of the molecule is COc1ncccc1C1(O)CC2CCCC(C1)S2=O. The summed E-state index contributed by atoms with van der Waals surface area (Å²) < 4.78 is 17.5. The molecule has 0 radical (unpaired) electrons. The van der Waals surface area contributed by atoms with Crippen LogP contribution in [0.4, 0.5) is 0 Å². The molecule has 2 saturated heterocycles. The van der Waals surface area contributed by atoms with Gasteiger partial charge in [-0.25, -0.2) is 4.98 Å². The van der Waals surface area contributed by atoms with E-state index in [-0.39, 0.29) is 10.5 Å². The number of aliphatic hydroxyl groups is 1. The first-order valence-corrected chi connectivity index (χ1v) is 8.03. The Kier molecular flexibility index (Phi) is 3.35. The van der Waals surface area contributed by atoms with Crippen LogP contribution in [0.25, 0.3) is 0 Å². The molecule has 2 fully saturated rings. The second-order valence-corrected chi connectivity index (χ2v) is 7.49. The fourth-order valence-electron chi connectivity index (χ4n) is 3.41. The van der Waals surface area contributed by atoms with Crippen LogP contribution in [0.1, 0.15) is 37.7 Å². The lowest BCUT2D eigenvalue weighted by atomic mass is 9.81. The maximum Gasteiger partial charge on any atom is 0.219 e. The molecule has 0 saturated carbocycles. The standard InChI is InChI=1S/C14H19NO3S/c1-18-13-12(6-3-7-15-13)14(16)8-10-4-2-5-11(9-14)19(10)17/h3,6-7,10-11,16H,2,4-5,8-9H2,1H3. The van der Waals surface area contributed by atoms with Gasteiger partial charge >= 0.3 is 0 Å². The highest BCUT2D eigenvalue weighted by atomic mass is 32.2. The van der Waals surface area contributed by atoms with E-state index in [1.54, 1.807) is 13.3 Å². The third-order valence-electron chi connectivity index (χ3n) is 4.31. The van der Waals surface area contributed by atoms with E-state index < -0.39 is 16.4 Å². The van der Waals surface area contributed by atoms with Crippen molar-refractivity contribution in [2.24, 2.45) is 0 Å². The molecule has 1 aromatic heterocycles. The van der Waals surface area contributed by atoms with Crippen LogP contribution in [0, 0.1) is 0 Å². The third kappa shape index (κ3) is 2.19. The molecule has 5 heteroatoms. The Bertz CT molecular complexity index is 489. The average molecular weight is 281 g/mol. The number of pyridine rings is 1. The van der Waals surface area contributed by atoms with Crippen LogP contribution in [-0.2, 0) is 16.4 Å². The van der Waals surface area contributed by atoms with Crippen LogP contribution in [0.2, 0.25) is 0 Å². The van der Waals surface area contributed by atoms with Gasteiger partial charge in [0.2, 0.25) is 5.88 Å². The second-order valence-electron chi connectivity index (χ2n) is 5.50. The van der Waals surface area contributed by atoms with Gasteiger partial charge < -0.3 is 9.84 Å². The van der Waals surface area contributed by atoms with Crippen molar-refractivity contribution in [1.82, 2.24) is 4.98 Å². The van der Waals surface area contributed by atoms with Crippen molar-refractivity contribution in [2.75, 3.05) is 7.11 Å². The zero-order valence-electron chi connectivity index (χ0n) is 11.0.